The number of ether oxygens (including phenoxy) is 1. The first kappa shape index (κ1) is 12.2. The lowest BCUT2D eigenvalue weighted by molar-refractivity contribution is -0.147. The highest BCUT2D eigenvalue weighted by Crippen LogP contribution is 2.14. The van der Waals surface area contributed by atoms with E-state index in [4.69, 9.17) is 4.74 Å². The maximum Gasteiger partial charge on any atom is 0.333 e. The van der Waals surface area contributed by atoms with Crippen molar-refractivity contribution in [1.29, 1.82) is 0 Å². The maximum absolute atomic E-state index is 11.6. The van der Waals surface area contributed by atoms with E-state index in [0.29, 0.717) is 6.61 Å². The van der Waals surface area contributed by atoms with Gasteiger partial charge in [0, 0.05) is 6.92 Å². The summed E-state index contributed by atoms with van der Waals surface area (Å²) in [6.45, 7) is 3.39. The van der Waals surface area contributed by atoms with Crippen molar-refractivity contribution in [2.45, 2.75) is 19.9 Å². The number of carbonyl (C=O) groups is 2. The van der Waals surface area contributed by atoms with Crippen LogP contribution in [-0.4, -0.2) is 18.5 Å². The van der Waals surface area contributed by atoms with Gasteiger partial charge in [-0.15, -0.1) is 0 Å². The Kier molecular flexibility index (Phi) is 4.51. The summed E-state index contributed by atoms with van der Waals surface area (Å²) >= 11 is 0. The van der Waals surface area contributed by atoms with Crippen LogP contribution >= 0.6 is 0 Å². The molecule has 86 valence electrons. The molecule has 0 saturated carbocycles. The lowest BCUT2D eigenvalue weighted by Crippen LogP contribution is -2.33. The quantitative estimate of drug-likeness (QED) is 0.782. The Hall–Kier alpha value is -1.84. The van der Waals surface area contributed by atoms with E-state index in [1.165, 1.54) is 6.92 Å². The topological polar surface area (TPSA) is 55.4 Å². The van der Waals surface area contributed by atoms with E-state index in [-0.39, 0.29) is 5.91 Å². The van der Waals surface area contributed by atoms with Crippen LogP contribution in [0.3, 0.4) is 0 Å². The molecule has 0 aliphatic rings. The number of carbonyl (C=O) groups excluding carboxylic acids is 2. The molecule has 0 aliphatic heterocycles. The fourth-order valence-corrected chi connectivity index (χ4v) is 1.35. The lowest BCUT2D eigenvalue weighted by Gasteiger charge is -2.16. The van der Waals surface area contributed by atoms with Gasteiger partial charge in [-0.05, 0) is 12.5 Å². The third-order valence-electron chi connectivity index (χ3n) is 2.00. The molecule has 0 fully saturated rings. The third kappa shape index (κ3) is 3.38. The zero-order chi connectivity index (χ0) is 12.0. The molecular weight excluding hydrogens is 206 g/mol. The first-order valence-electron chi connectivity index (χ1n) is 5.13. The Morgan fingerprint density at radius 3 is 2.44 bits per heavy atom. The van der Waals surface area contributed by atoms with Gasteiger partial charge in [0.2, 0.25) is 5.91 Å². The van der Waals surface area contributed by atoms with Gasteiger partial charge in [0.15, 0.2) is 6.04 Å². The van der Waals surface area contributed by atoms with Crippen molar-refractivity contribution in [3.8, 4) is 0 Å². The highest BCUT2D eigenvalue weighted by molar-refractivity contribution is 5.84. The summed E-state index contributed by atoms with van der Waals surface area (Å²) in [4.78, 5) is 22.7. The van der Waals surface area contributed by atoms with Crippen LogP contribution in [0.4, 0.5) is 0 Å². The SMILES string of the molecule is CCOC(=O)[C@H](NC(C)=O)c1ccccc1. The van der Waals surface area contributed by atoms with Crippen LogP contribution in [0.15, 0.2) is 30.3 Å². The molecule has 16 heavy (non-hydrogen) atoms. The van der Waals surface area contributed by atoms with Crippen LogP contribution in [0.1, 0.15) is 25.5 Å². The molecule has 4 heteroatoms. The molecule has 1 amide bonds. The van der Waals surface area contributed by atoms with E-state index in [2.05, 4.69) is 5.32 Å². The first-order valence-corrected chi connectivity index (χ1v) is 5.13. The molecule has 0 radical (unpaired) electrons. The van der Waals surface area contributed by atoms with Crippen LogP contribution in [0.5, 0.6) is 0 Å². The molecule has 0 heterocycles. The Morgan fingerprint density at radius 1 is 1.31 bits per heavy atom. The zero-order valence-electron chi connectivity index (χ0n) is 9.40. The van der Waals surface area contributed by atoms with Crippen molar-refractivity contribution in [2.24, 2.45) is 0 Å². The molecule has 0 bridgehead atoms. The van der Waals surface area contributed by atoms with Gasteiger partial charge in [0.05, 0.1) is 6.61 Å². The fourth-order valence-electron chi connectivity index (χ4n) is 1.35. The summed E-state index contributed by atoms with van der Waals surface area (Å²) < 4.78 is 4.91. The van der Waals surface area contributed by atoms with Gasteiger partial charge in [0.1, 0.15) is 0 Å². The molecule has 0 spiro atoms. The minimum atomic E-state index is -0.723. The van der Waals surface area contributed by atoms with Crippen molar-refractivity contribution < 1.29 is 14.3 Å². The summed E-state index contributed by atoms with van der Waals surface area (Å²) in [7, 11) is 0. The minimum Gasteiger partial charge on any atom is -0.464 e. The number of amides is 1. The van der Waals surface area contributed by atoms with Crippen molar-refractivity contribution in [3.05, 3.63) is 35.9 Å². The van der Waals surface area contributed by atoms with E-state index in [9.17, 15) is 9.59 Å². The van der Waals surface area contributed by atoms with E-state index < -0.39 is 12.0 Å². The Morgan fingerprint density at radius 2 is 1.94 bits per heavy atom. The average molecular weight is 221 g/mol. The van der Waals surface area contributed by atoms with Gasteiger partial charge in [0.25, 0.3) is 0 Å². The molecule has 1 rings (SSSR count). The van der Waals surface area contributed by atoms with Crippen LogP contribution in [0, 0.1) is 0 Å². The molecular formula is C12H15NO3. The van der Waals surface area contributed by atoms with Gasteiger partial charge >= 0.3 is 5.97 Å². The molecule has 1 aromatic carbocycles. The van der Waals surface area contributed by atoms with E-state index in [0.717, 1.165) is 5.56 Å². The number of hydrogen-bond donors (Lipinski definition) is 1. The predicted octanol–water partition coefficient (Wildman–Crippen LogP) is 1.43. The van der Waals surface area contributed by atoms with E-state index in [1.54, 1.807) is 19.1 Å². The van der Waals surface area contributed by atoms with Crippen molar-refractivity contribution >= 4 is 11.9 Å². The first-order chi connectivity index (χ1) is 7.65. The number of esters is 1. The van der Waals surface area contributed by atoms with Gasteiger partial charge in [-0.1, -0.05) is 30.3 Å². The van der Waals surface area contributed by atoms with E-state index in [1.807, 2.05) is 18.2 Å². The van der Waals surface area contributed by atoms with Gasteiger partial charge in [-0.3, -0.25) is 4.79 Å². The number of hydrogen-bond acceptors (Lipinski definition) is 3. The van der Waals surface area contributed by atoms with Crippen LogP contribution < -0.4 is 5.32 Å². The molecule has 1 aromatic rings. The van der Waals surface area contributed by atoms with E-state index >= 15 is 0 Å². The molecule has 1 N–H and O–H groups in total. The monoisotopic (exact) mass is 221 g/mol. The molecule has 1 atom stereocenters. The second kappa shape index (κ2) is 5.90. The van der Waals surface area contributed by atoms with Crippen molar-refractivity contribution in [2.75, 3.05) is 6.61 Å². The standard InChI is InChI=1S/C12H15NO3/c1-3-16-12(15)11(13-9(2)14)10-7-5-4-6-8-10/h4-8,11H,3H2,1-2H3,(H,13,14)/t11-/m1/s1. The molecule has 0 aliphatic carbocycles. The van der Waals surface area contributed by atoms with Gasteiger partial charge < -0.3 is 10.1 Å². The van der Waals surface area contributed by atoms with Crippen molar-refractivity contribution in [3.63, 3.8) is 0 Å². The van der Waals surface area contributed by atoms with Gasteiger partial charge in [-0.2, -0.15) is 0 Å². The Labute approximate surface area is 94.6 Å². The highest BCUT2D eigenvalue weighted by Gasteiger charge is 2.22. The van der Waals surface area contributed by atoms with Crippen LogP contribution in [0.2, 0.25) is 0 Å². The summed E-state index contributed by atoms with van der Waals surface area (Å²) in [5.41, 5.74) is 0.719. The summed E-state index contributed by atoms with van der Waals surface area (Å²) in [6, 6.07) is 8.29. The smallest absolute Gasteiger partial charge is 0.333 e. The second-order valence-electron chi connectivity index (χ2n) is 3.30. The van der Waals surface area contributed by atoms with Crippen molar-refractivity contribution in [1.82, 2.24) is 5.32 Å². The Balaban J connectivity index is 2.87. The molecule has 0 aromatic heterocycles. The maximum atomic E-state index is 11.6. The summed E-state index contributed by atoms with van der Waals surface area (Å²) in [5.74, 6) is -0.703. The highest BCUT2D eigenvalue weighted by atomic mass is 16.5. The lowest BCUT2D eigenvalue weighted by atomic mass is 10.1. The minimum absolute atomic E-state index is 0.262. The largest absolute Gasteiger partial charge is 0.464 e. The number of benzene rings is 1. The predicted molar refractivity (Wildman–Crippen MR) is 59.6 cm³/mol. The van der Waals surface area contributed by atoms with Gasteiger partial charge in [-0.25, -0.2) is 4.79 Å². The number of nitrogens with one attached hydrogen (secondary N) is 1. The number of rotatable bonds is 4. The third-order valence-corrected chi connectivity index (χ3v) is 2.00. The molecule has 0 unspecified atom stereocenters. The normalized spacial score (nSPS) is 11.6. The molecule has 4 nitrogen and oxygen atoms in total. The average Bonchev–Trinajstić information content (AvgIpc) is 2.27. The zero-order valence-corrected chi connectivity index (χ0v) is 9.40. The summed E-state index contributed by atoms with van der Waals surface area (Å²) in [6.07, 6.45) is 0. The second-order valence-corrected chi connectivity index (χ2v) is 3.30. The van der Waals surface area contributed by atoms with Crippen LogP contribution in [0.25, 0.3) is 0 Å². The molecule has 0 saturated heterocycles. The summed E-state index contributed by atoms with van der Waals surface area (Å²) in [5, 5.41) is 2.57. The Bertz CT molecular complexity index is 362. The fraction of sp³-hybridized carbons (Fsp3) is 0.333. The van der Waals surface area contributed by atoms with Crippen LogP contribution in [-0.2, 0) is 14.3 Å².